The number of aromatic nitrogens is 2. The van der Waals surface area contributed by atoms with Gasteiger partial charge in [-0.1, -0.05) is 0 Å². The summed E-state index contributed by atoms with van der Waals surface area (Å²) in [6, 6.07) is 13.7. The minimum Gasteiger partial charge on any atom is -0.497 e. The van der Waals surface area contributed by atoms with Crippen molar-refractivity contribution < 1.29 is 19.3 Å². The number of hydrogen-bond donors (Lipinski definition) is 1. The number of nitrogens with zero attached hydrogens (tertiary/aromatic N) is 3. The van der Waals surface area contributed by atoms with E-state index in [0.29, 0.717) is 18.8 Å². The second-order valence-corrected chi connectivity index (χ2v) is 8.56. The van der Waals surface area contributed by atoms with Crippen molar-refractivity contribution >= 4 is 27.4 Å². The Labute approximate surface area is 189 Å². The molecule has 1 aliphatic rings. The molecule has 5 rings (SSSR count). The normalized spacial score (nSPS) is 15.5. The zero-order chi connectivity index (χ0) is 22.2. The maximum absolute atomic E-state index is 11.0. The summed E-state index contributed by atoms with van der Waals surface area (Å²) >= 11 is 1.64. The second-order valence-electron chi connectivity index (χ2n) is 7.51. The van der Waals surface area contributed by atoms with Crippen molar-refractivity contribution in [2.45, 2.75) is 12.6 Å². The second kappa shape index (κ2) is 8.29. The van der Waals surface area contributed by atoms with E-state index in [1.54, 1.807) is 39.0 Å². The van der Waals surface area contributed by atoms with E-state index in [2.05, 4.69) is 20.9 Å². The molecule has 2 aromatic carbocycles. The van der Waals surface area contributed by atoms with Crippen LogP contribution >= 0.6 is 11.3 Å². The van der Waals surface area contributed by atoms with Crippen molar-refractivity contribution in [2.75, 3.05) is 32.8 Å². The summed E-state index contributed by atoms with van der Waals surface area (Å²) in [4.78, 5) is 12.2. The number of methoxy groups -OCH3 is 3. The van der Waals surface area contributed by atoms with Crippen LogP contribution in [0.5, 0.6) is 17.2 Å². The highest BCUT2D eigenvalue weighted by molar-refractivity contribution is 7.22. The summed E-state index contributed by atoms with van der Waals surface area (Å²) < 4.78 is 17.3. The first-order valence-electron chi connectivity index (χ1n) is 10.2. The van der Waals surface area contributed by atoms with Gasteiger partial charge in [-0.2, -0.15) is 0 Å². The Morgan fingerprint density at radius 1 is 0.969 bits per heavy atom. The average Bonchev–Trinajstić information content (AvgIpc) is 3.27. The Bertz CT molecular complexity index is 1270. The van der Waals surface area contributed by atoms with Gasteiger partial charge in [0.2, 0.25) is 0 Å². The maximum Gasteiger partial charge on any atom is 0.150 e. The summed E-state index contributed by atoms with van der Waals surface area (Å²) in [5.74, 6) is 3.01. The number of rotatable bonds is 5. The van der Waals surface area contributed by atoms with E-state index in [1.165, 1.54) is 0 Å². The number of fused-ring (bicyclic) bond motifs is 2. The molecule has 0 aliphatic carbocycles. The number of thiophene rings is 1. The Hall–Kier alpha value is -3.36. The summed E-state index contributed by atoms with van der Waals surface area (Å²) in [7, 11) is 4.91. The minimum atomic E-state index is -0.727. The first-order valence-corrected chi connectivity index (χ1v) is 11.0. The molecule has 0 saturated heterocycles. The Morgan fingerprint density at radius 3 is 2.44 bits per heavy atom. The molecule has 3 heterocycles. The highest BCUT2D eigenvalue weighted by atomic mass is 32.1. The van der Waals surface area contributed by atoms with Gasteiger partial charge in [0.05, 0.1) is 38.1 Å². The number of aliphatic hydroxyl groups is 1. The topological polar surface area (TPSA) is 76.9 Å². The van der Waals surface area contributed by atoms with Gasteiger partial charge in [-0.25, -0.2) is 9.97 Å². The fraction of sp³-hybridized carbons (Fsp3) is 0.250. The Morgan fingerprint density at radius 2 is 1.72 bits per heavy atom. The number of hydrogen-bond acceptors (Lipinski definition) is 8. The van der Waals surface area contributed by atoms with Gasteiger partial charge in [0.15, 0.2) is 0 Å². The largest absolute Gasteiger partial charge is 0.497 e. The molecular weight excluding hydrogens is 426 g/mol. The molecule has 0 spiro atoms. The molecule has 0 unspecified atom stereocenters. The first-order chi connectivity index (χ1) is 15.6. The van der Waals surface area contributed by atoms with Crippen LogP contribution in [0.3, 0.4) is 0 Å². The van der Waals surface area contributed by atoms with Gasteiger partial charge >= 0.3 is 0 Å². The fourth-order valence-electron chi connectivity index (χ4n) is 4.20. The predicted molar refractivity (Wildman–Crippen MR) is 125 cm³/mol. The number of ether oxygens (including phenoxy) is 3. The zero-order valence-corrected chi connectivity index (χ0v) is 18.8. The predicted octanol–water partition coefficient (Wildman–Crippen LogP) is 4.44. The van der Waals surface area contributed by atoms with Crippen molar-refractivity contribution in [3.05, 3.63) is 59.9 Å². The monoisotopic (exact) mass is 449 g/mol. The van der Waals surface area contributed by atoms with Gasteiger partial charge < -0.3 is 24.2 Å². The lowest BCUT2D eigenvalue weighted by molar-refractivity contribution is 0.169. The molecule has 1 N–H and O–H groups in total. The van der Waals surface area contributed by atoms with Crippen LogP contribution in [0.4, 0.5) is 5.82 Å². The molecule has 7 nitrogen and oxygen atoms in total. The highest BCUT2D eigenvalue weighted by Crippen LogP contribution is 2.43. The Balaban J connectivity index is 1.56. The van der Waals surface area contributed by atoms with E-state index in [4.69, 9.17) is 14.2 Å². The average molecular weight is 450 g/mol. The van der Waals surface area contributed by atoms with E-state index < -0.39 is 6.10 Å². The van der Waals surface area contributed by atoms with Crippen molar-refractivity contribution in [3.63, 3.8) is 0 Å². The molecule has 0 bridgehead atoms. The van der Waals surface area contributed by atoms with E-state index in [1.807, 2.05) is 36.4 Å². The number of β-amino-alcohol motifs (C(OH)–C–C–N with tert-alkyl or cyclic N) is 1. The molecule has 32 heavy (non-hydrogen) atoms. The SMILES string of the molecule is COc1ccc(-c2cc3ncnc(N4Cc5c(OC)ccc(OC)c5[C@@H](O)C4)c3s2)cc1. The summed E-state index contributed by atoms with van der Waals surface area (Å²) in [6.45, 7) is 0.951. The molecule has 0 fully saturated rings. The maximum atomic E-state index is 11.0. The van der Waals surface area contributed by atoms with Crippen LogP contribution in [-0.2, 0) is 6.54 Å². The third kappa shape index (κ3) is 3.41. The lowest BCUT2D eigenvalue weighted by Gasteiger charge is -2.34. The fourth-order valence-corrected chi connectivity index (χ4v) is 5.34. The third-order valence-corrected chi connectivity index (χ3v) is 6.93. The highest BCUT2D eigenvalue weighted by Gasteiger charge is 2.31. The summed E-state index contributed by atoms with van der Waals surface area (Å²) in [6.07, 6.45) is 0.849. The van der Waals surface area contributed by atoms with E-state index in [0.717, 1.165) is 49.1 Å². The van der Waals surface area contributed by atoms with E-state index in [9.17, 15) is 5.11 Å². The molecule has 164 valence electrons. The van der Waals surface area contributed by atoms with E-state index >= 15 is 0 Å². The first kappa shape index (κ1) is 20.5. The van der Waals surface area contributed by atoms with Gasteiger partial charge in [-0.15, -0.1) is 11.3 Å². The zero-order valence-electron chi connectivity index (χ0n) is 18.0. The van der Waals surface area contributed by atoms with Crippen LogP contribution in [-0.4, -0.2) is 42.9 Å². The van der Waals surface area contributed by atoms with E-state index in [-0.39, 0.29) is 0 Å². The molecule has 0 saturated carbocycles. The summed E-state index contributed by atoms with van der Waals surface area (Å²) in [5.41, 5.74) is 3.65. The molecule has 1 aliphatic heterocycles. The van der Waals surface area contributed by atoms with Crippen LogP contribution in [0.2, 0.25) is 0 Å². The minimum absolute atomic E-state index is 0.401. The van der Waals surface area contributed by atoms with Gasteiger partial charge in [-0.3, -0.25) is 0 Å². The lowest BCUT2D eigenvalue weighted by atomic mass is 9.95. The molecule has 4 aromatic rings. The lowest BCUT2D eigenvalue weighted by Crippen LogP contribution is -2.34. The molecule has 0 radical (unpaired) electrons. The Kier molecular flexibility index (Phi) is 5.32. The van der Waals surface area contributed by atoms with Gasteiger partial charge in [0.25, 0.3) is 0 Å². The van der Waals surface area contributed by atoms with Crippen molar-refractivity contribution in [1.29, 1.82) is 0 Å². The quantitative estimate of drug-likeness (QED) is 0.483. The standard InChI is InChI=1S/C24H23N3O4S/c1-29-15-6-4-14(5-7-15)21-10-17-23(32-21)24(26-13-25-17)27-11-16-19(30-2)8-9-20(31-3)22(16)18(28)12-27/h4-10,13,18,28H,11-12H2,1-3H3/t18-/m0/s1. The smallest absolute Gasteiger partial charge is 0.150 e. The number of anilines is 1. The molecular formula is C24H23N3O4S. The van der Waals surface area contributed by atoms with Crippen molar-refractivity contribution in [3.8, 4) is 27.7 Å². The summed E-state index contributed by atoms with van der Waals surface area (Å²) in [5, 5.41) is 11.0. The van der Waals surface area contributed by atoms with Crippen LogP contribution in [0.25, 0.3) is 20.7 Å². The van der Waals surface area contributed by atoms with Gasteiger partial charge in [-0.05, 0) is 48.0 Å². The van der Waals surface area contributed by atoms with Gasteiger partial charge in [0.1, 0.15) is 35.5 Å². The van der Waals surface area contributed by atoms with Crippen LogP contribution < -0.4 is 19.1 Å². The number of aliphatic hydroxyl groups excluding tert-OH is 1. The molecule has 0 amide bonds. The van der Waals surface area contributed by atoms with Crippen LogP contribution in [0.15, 0.2) is 48.8 Å². The van der Waals surface area contributed by atoms with Crippen LogP contribution in [0.1, 0.15) is 17.2 Å². The van der Waals surface area contributed by atoms with Crippen LogP contribution in [0, 0.1) is 0 Å². The molecule has 2 aromatic heterocycles. The van der Waals surface area contributed by atoms with Crippen molar-refractivity contribution in [2.24, 2.45) is 0 Å². The van der Waals surface area contributed by atoms with Gasteiger partial charge in [0, 0.05) is 22.5 Å². The van der Waals surface area contributed by atoms with Crippen molar-refractivity contribution in [1.82, 2.24) is 9.97 Å². The molecule has 1 atom stereocenters. The third-order valence-electron chi connectivity index (χ3n) is 5.76. The molecule has 8 heteroatoms. The number of benzene rings is 2.